The highest BCUT2D eigenvalue weighted by Crippen LogP contribution is 2.24. The molecule has 4 rings (SSSR count). The molecule has 34 heavy (non-hydrogen) atoms. The Morgan fingerprint density at radius 2 is 1.74 bits per heavy atom. The highest BCUT2D eigenvalue weighted by Gasteiger charge is 2.18. The number of pyridine rings is 1. The summed E-state index contributed by atoms with van der Waals surface area (Å²) in [6, 6.07) is 20.4. The zero-order valence-electron chi connectivity index (χ0n) is 19.1. The molecule has 0 radical (unpaired) electrons. The van der Waals surface area contributed by atoms with Gasteiger partial charge in [-0.3, -0.25) is 4.79 Å². The molecular weight excluding hydrogens is 433 g/mol. The van der Waals surface area contributed by atoms with E-state index in [-0.39, 0.29) is 24.5 Å². The zero-order chi connectivity index (χ0) is 24.1. The van der Waals surface area contributed by atoms with Gasteiger partial charge in [0.1, 0.15) is 11.6 Å². The van der Waals surface area contributed by atoms with Gasteiger partial charge in [-0.25, -0.2) is 9.18 Å². The average molecular weight is 460 g/mol. The maximum absolute atomic E-state index is 13.4. The minimum atomic E-state index is -0.407. The number of fused-ring (bicyclic) bond motifs is 1. The van der Waals surface area contributed by atoms with E-state index in [4.69, 9.17) is 4.74 Å². The number of ether oxygens (including phenoxy) is 1. The fourth-order valence-corrected chi connectivity index (χ4v) is 3.80. The number of hydrogen-bond acceptors (Lipinski definition) is 3. The van der Waals surface area contributed by atoms with Crippen LogP contribution < -0.4 is 15.6 Å². The topological polar surface area (TPSA) is 74.4 Å². The zero-order valence-corrected chi connectivity index (χ0v) is 19.1. The highest BCUT2D eigenvalue weighted by atomic mass is 19.1. The van der Waals surface area contributed by atoms with Gasteiger partial charge in [0.25, 0.3) is 5.56 Å². The van der Waals surface area contributed by atoms with Gasteiger partial charge in [-0.1, -0.05) is 37.3 Å². The number of carbonyl (C=O) groups excluding carboxylic acids is 1. The summed E-state index contributed by atoms with van der Waals surface area (Å²) in [5, 5.41) is 3.77. The molecule has 0 fully saturated rings. The Bertz CT molecular complexity index is 1370. The van der Waals surface area contributed by atoms with Gasteiger partial charge in [-0.2, -0.15) is 0 Å². The standard InChI is InChI=1S/C27H26FN3O3/c1-3-18-10-13-23-20(14-18)15-21(26(32)29-23)17-31(16-19-8-11-22(28)12-9-19)27(33)30-24-6-4-5-7-25(24)34-2/h4-15H,3,16-17H2,1-2H3,(H,29,32)(H,30,33). The molecular formula is C27H26FN3O3. The first kappa shape index (κ1) is 23.0. The summed E-state index contributed by atoms with van der Waals surface area (Å²) in [6.07, 6.45) is 0.877. The third kappa shape index (κ3) is 5.26. The van der Waals surface area contributed by atoms with Gasteiger partial charge in [-0.05, 0) is 65.4 Å². The van der Waals surface area contributed by atoms with Gasteiger partial charge in [0, 0.05) is 17.6 Å². The lowest BCUT2D eigenvalue weighted by atomic mass is 10.1. The maximum Gasteiger partial charge on any atom is 0.322 e. The smallest absolute Gasteiger partial charge is 0.322 e. The summed E-state index contributed by atoms with van der Waals surface area (Å²) in [5.74, 6) is 0.166. The number of aryl methyl sites for hydroxylation is 1. The molecule has 2 amide bonds. The second-order valence-electron chi connectivity index (χ2n) is 8.01. The number of hydrogen-bond donors (Lipinski definition) is 2. The number of methoxy groups -OCH3 is 1. The van der Waals surface area contributed by atoms with E-state index >= 15 is 0 Å². The molecule has 3 aromatic carbocycles. The van der Waals surface area contributed by atoms with Crippen LogP contribution >= 0.6 is 0 Å². The van der Waals surface area contributed by atoms with Crippen molar-refractivity contribution in [2.75, 3.05) is 12.4 Å². The van der Waals surface area contributed by atoms with Crippen LogP contribution in [0.5, 0.6) is 5.75 Å². The minimum absolute atomic E-state index is 0.0694. The van der Waals surface area contributed by atoms with Crippen LogP contribution in [0.25, 0.3) is 10.9 Å². The average Bonchev–Trinajstić information content (AvgIpc) is 2.85. The number of amides is 2. The predicted molar refractivity (Wildman–Crippen MR) is 132 cm³/mol. The first-order chi connectivity index (χ1) is 16.5. The van der Waals surface area contributed by atoms with Crippen LogP contribution in [0.4, 0.5) is 14.9 Å². The molecule has 0 aliphatic heterocycles. The molecule has 0 bridgehead atoms. The van der Waals surface area contributed by atoms with E-state index in [1.54, 1.807) is 30.3 Å². The van der Waals surface area contributed by atoms with E-state index in [9.17, 15) is 14.0 Å². The monoisotopic (exact) mass is 459 g/mol. The number of carbonyl (C=O) groups is 1. The van der Waals surface area contributed by atoms with Gasteiger partial charge in [0.05, 0.1) is 19.3 Å². The molecule has 7 heteroatoms. The molecule has 2 N–H and O–H groups in total. The molecule has 4 aromatic rings. The van der Waals surface area contributed by atoms with Gasteiger partial charge in [0.2, 0.25) is 0 Å². The summed E-state index contributed by atoms with van der Waals surface area (Å²) < 4.78 is 18.7. The summed E-state index contributed by atoms with van der Waals surface area (Å²) in [6.45, 7) is 2.33. The Morgan fingerprint density at radius 3 is 2.47 bits per heavy atom. The van der Waals surface area contributed by atoms with E-state index < -0.39 is 6.03 Å². The van der Waals surface area contributed by atoms with Gasteiger partial charge in [-0.15, -0.1) is 0 Å². The summed E-state index contributed by atoms with van der Waals surface area (Å²) >= 11 is 0. The van der Waals surface area contributed by atoms with Crippen molar-refractivity contribution in [1.82, 2.24) is 9.88 Å². The molecule has 0 saturated heterocycles. The van der Waals surface area contributed by atoms with Crippen LogP contribution in [0.1, 0.15) is 23.6 Å². The number of urea groups is 1. The summed E-state index contributed by atoms with van der Waals surface area (Å²) in [4.78, 5) is 30.5. The molecule has 0 atom stereocenters. The Morgan fingerprint density at radius 1 is 1.00 bits per heavy atom. The van der Waals surface area contributed by atoms with Crippen LogP contribution in [-0.4, -0.2) is 23.0 Å². The van der Waals surface area contributed by atoms with Crippen molar-refractivity contribution in [3.8, 4) is 5.75 Å². The van der Waals surface area contributed by atoms with E-state index in [1.807, 2.05) is 30.3 Å². The van der Waals surface area contributed by atoms with Gasteiger partial charge in [0.15, 0.2) is 0 Å². The molecule has 0 aliphatic carbocycles. The normalized spacial score (nSPS) is 10.8. The number of benzene rings is 3. The minimum Gasteiger partial charge on any atom is -0.495 e. The second-order valence-corrected chi connectivity index (χ2v) is 8.01. The number of nitrogens with one attached hydrogen (secondary N) is 2. The molecule has 0 saturated carbocycles. The van der Waals surface area contributed by atoms with Crippen LogP contribution in [-0.2, 0) is 19.5 Å². The Balaban J connectivity index is 1.67. The lowest BCUT2D eigenvalue weighted by molar-refractivity contribution is 0.206. The number of anilines is 1. The van der Waals surface area contributed by atoms with Crippen molar-refractivity contribution in [3.63, 3.8) is 0 Å². The number of aromatic nitrogens is 1. The Labute approximate surface area is 197 Å². The van der Waals surface area contributed by atoms with E-state index in [2.05, 4.69) is 17.2 Å². The molecule has 1 heterocycles. The van der Waals surface area contributed by atoms with Crippen molar-refractivity contribution in [2.24, 2.45) is 0 Å². The number of nitrogens with zero attached hydrogens (tertiary/aromatic N) is 1. The fourth-order valence-electron chi connectivity index (χ4n) is 3.80. The van der Waals surface area contributed by atoms with Crippen LogP contribution in [0, 0.1) is 5.82 Å². The molecule has 0 unspecified atom stereocenters. The van der Waals surface area contributed by atoms with Crippen molar-refractivity contribution in [2.45, 2.75) is 26.4 Å². The third-order valence-electron chi connectivity index (χ3n) is 5.68. The molecule has 6 nitrogen and oxygen atoms in total. The number of rotatable bonds is 7. The molecule has 0 spiro atoms. The SMILES string of the molecule is CCc1ccc2[nH]c(=O)c(CN(Cc3ccc(F)cc3)C(=O)Nc3ccccc3OC)cc2c1. The number of halogens is 1. The lowest BCUT2D eigenvalue weighted by Gasteiger charge is -2.24. The Hall–Kier alpha value is -4.13. The predicted octanol–water partition coefficient (Wildman–Crippen LogP) is 5.47. The van der Waals surface area contributed by atoms with Crippen molar-refractivity contribution in [1.29, 1.82) is 0 Å². The van der Waals surface area contributed by atoms with Crippen molar-refractivity contribution < 1.29 is 13.9 Å². The number of para-hydroxylation sites is 2. The van der Waals surface area contributed by atoms with Crippen LogP contribution in [0.3, 0.4) is 0 Å². The number of H-pyrrole nitrogens is 1. The van der Waals surface area contributed by atoms with Crippen molar-refractivity contribution in [3.05, 3.63) is 106 Å². The molecule has 1 aromatic heterocycles. The molecule has 174 valence electrons. The largest absolute Gasteiger partial charge is 0.495 e. The second kappa shape index (κ2) is 10.2. The summed E-state index contributed by atoms with van der Waals surface area (Å²) in [5.41, 5.74) is 3.35. The van der Waals surface area contributed by atoms with Crippen LogP contribution in [0.15, 0.2) is 77.6 Å². The highest BCUT2D eigenvalue weighted by molar-refractivity contribution is 5.91. The quantitative estimate of drug-likeness (QED) is 0.385. The van der Waals surface area contributed by atoms with Gasteiger partial charge >= 0.3 is 6.03 Å². The van der Waals surface area contributed by atoms with E-state index in [1.165, 1.54) is 24.1 Å². The lowest BCUT2D eigenvalue weighted by Crippen LogP contribution is -2.35. The number of aromatic amines is 1. The molecule has 0 aliphatic rings. The van der Waals surface area contributed by atoms with Crippen molar-refractivity contribution >= 4 is 22.6 Å². The van der Waals surface area contributed by atoms with Gasteiger partial charge < -0.3 is 19.9 Å². The van der Waals surface area contributed by atoms with E-state index in [0.29, 0.717) is 17.0 Å². The Kier molecular flexibility index (Phi) is 6.92. The fraction of sp³-hybridized carbons (Fsp3) is 0.185. The first-order valence-corrected chi connectivity index (χ1v) is 11.0. The maximum atomic E-state index is 13.4. The first-order valence-electron chi connectivity index (χ1n) is 11.0. The van der Waals surface area contributed by atoms with Crippen LogP contribution in [0.2, 0.25) is 0 Å². The third-order valence-corrected chi connectivity index (χ3v) is 5.68. The summed E-state index contributed by atoms with van der Waals surface area (Å²) in [7, 11) is 1.53. The van der Waals surface area contributed by atoms with E-state index in [0.717, 1.165) is 28.5 Å².